The molecule has 3 aromatic heterocycles. The predicted octanol–water partition coefficient (Wildman–Crippen LogP) is 4.92. The number of benzene rings is 2. The van der Waals surface area contributed by atoms with Crippen LogP contribution in [0.25, 0.3) is 38.6 Å². The van der Waals surface area contributed by atoms with Gasteiger partial charge in [-0.1, -0.05) is 24.3 Å². The molecule has 5 aromatic rings. The lowest BCUT2D eigenvalue weighted by atomic mass is 10.2. The minimum absolute atomic E-state index is 0.896. The smallest absolute Gasteiger partial charge is 0.135 e. The van der Waals surface area contributed by atoms with Crippen molar-refractivity contribution in [1.82, 2.24) is 9.55 Å². The zero-order valence-corrected chi connectivity index (χ0v) is 11.7. The van der Waals surface area contributed by atoms with Crippen LogP contribution in [0.4, 0.5) is 0 Å². The van der Waals surface area contributed by atoms with Crippen LogP contribution in [-0.4, -0.2) is 9.55 Å². The van der Waals surface area contributed by atoms with Crippen molar-refractivity contribution in [2.75, 3.05) is 0 Å². The van der Waals surface area contributed by atoms with Gasteiger partial charge in [-0.15, -0.1) is 0 Å². The number of aromatic nitrogens is 2. The maximum atomic E-state index is 5.55. The average molecular weight is 284 g/mol. The molecule has 0 aliphatic carbocycles. The molecule has 0 N–H and O–H groups in total. The van der Waals surface area contributed by atoms with Crippen molar-refractivity contribution in [3.8, 4) is 5.69 Å². The topological polar surface area (TPSA) is 31.0 Å². The minimum atomic E-state index is 0.896. The summed E-state index contributed by atoms with van der Waals surface area (Å²) >= 11 is 0. The van der Waals surface area contributed by atoms with Gasteiger partial charge in [-0.2, -0.15) is 0 Å². The van der Waals surface area contributed by atoms with Crippen molar-refractivity contribution in [2.45, 2.75) is 0 Å². The largest absolute Gasteiger partial charge is 0.464 e. The minimum Gasteiger partial charge on any atom is -0.464 e. The molecule has 0 spiro atoms. The normalized spacial score (nSPS) is 11.6. The Hall–Kier alpha value is -3.07. The number of rotatable bonds is 1. The van der Waals surface area contributed by atoms with Gasteiger partial charge in [0.25, 0.3) is 0 Å². The van der Waals surface area contributed by atoms with E-state index >= 15 is 0 Å². The SMILES string of the molecule is c1cc(-n2c3ccccc3c3ncccc32)c2ccoc2c1. The third-order valence-electron chi connectivity index (χ3n) is 4.14. The van der Waals surface area contributed by atoms with E-state index in [0.717, 1.165) is 33.2 Å². The summed E-state index contributed by atoms with van der Waals surface area (Å²) < 4.78 is 7.81. The van der Waals surface area contributed by atoms with Gasteiger partial charge in [-0.25, -0.2) is 0 Å². The van der Waals surface area contributed by atoms with Crippen LogP contribution in [0, 0.1) is 0 Å². The molecule has 2 aromatic carbocycles. The third-order valence-corrected chi connectivity index (χ3v) is 4.14. The Bertz CT molecular complexity index is 1080. The van der Waals surface area contributed by atoms with E-state index in [0.29, 0.717) is 0 Å². The molecule has 22 heavy (non-hydrogen) atoms. The molecule has 3 nitrogen and oxygen atoms in total. The van der Waals surface area contributed by atoms with Crippen LogP contribution in [0.2, 0.25) is 0 Å². The van der Waals surface area contributed by atoms with Crippen molar-refractivity contribution in [3.05, 3.63) is 73.1 Å². The van der Waals surface area contributed by atoms with Crippen LogP contribution in [0.1, 0.15) is 0 Å². The molecule has 0 aliphatic rings. The quantitative estimate of drug-likeness (QED) is 0.437. The van der Waals surface area contributed by atoms with Gasteiger partial charge in [0.2, 0.25) is 0 Å². The molecule has 0 amide bonds. The van der Waals surface area contributed by atoms with Gasteiger partial charge in [-0.3, -0.25) is 4.98 Å². The highest BCUT2D eigenvalue weighted by Crippen LogP contribution is 2.33. The summed E-state index contributed by atoms with van der Waals surface area (Å²) in [7, 11) is 0. The first kappa shape index (κ1) is 11.6. The van der Waals surface area contributed by atoms with Gasteiger partial charge in [0.1, 0.15) is 5.58 Å². The summed E-state index contributed by atoms with van der Waals surface area (Å²) in [5, 5.41) is 2.27. The predicted molar refractivity (Wildman–Crippen MR) is 88.3 cm³/mol. The van der Waals surface area contributed by atoms with Crippen LogP contribution in [0.5, 0.6) is 0 Å². The Balaban J connectivity index is 2.04. The Morgan fingerprint density at radius 3 is 2.68 bits per heavy atom. The van der Waals surface area contributed by atoms with Gasteiger partial charge in [-0.05, 0) is 36.4 Å². The molecule has 3 heterocycles. The van der Waals surface area contributed by atoms with Gasteiger partial charge < -0.3 is 8.98 Å². The molecule has 3 heteroatoms. The van der Waals surface area contributed by atoms with Crippen molar-refractivity contribution in [1.29, 1.82) is 0 Å². The van der Waals surface area contributed by atoms with E-state index in [1.165, 1.54) is 5.39 Å². The van der Waals surface area contributed by atoms with E-state index in [1.54, 1.807) is 6.26 Å². The number of fused-ring (bicyclic) bond motifs is 4. The average Bonchev–Trinajstić information content (AvgIpc) is 3.17. The van der Waals surface area contributed by atoms with E-state index in [9.17, 15) is 0 Å². The summed E-state index contributed by atoms with van der Waals surface area (Å²) in [5.41, 5.74) is 5.30. The fraction of sp³-hybridized carbons (Fsp3) is 0. The van der Waals surface area contributed by atoms with Gasteiger partial charge in [0.05, 0.1) is 28.5 Å². The number of nitrogens with zero attached hydrogens (tertiary/aromatic N) is 2. The molecule has 0 aliphatic heterocycles. The number of para-hydroxylation sites is 1. The molecular formula is C19H12N2O. The lowest BCUT2D eigenvalue weighted by molar-refractivity contribution is 0.616. The first-order chi connectivity index (χ1) is 10.9. The molecule has 104 valence electrons. The van der Waals surface area contributed by atoms with E-state index < -0.39 is 0 Å². The summed E-state index contributed by atoms with van der Waals surface area (Å²) in [6.07, 6.45) is 3.58. The lowest BCUT2D eigenvalue weighted by Crippen LogP contribution is -1.94. The summed E-state index contributed by atoms with van der Waals surface area (Å²) in [6, 6.07) is 20.6. The monoisotopic (exact) mass is 284 g/mol. The van der Waals surface area contributed by atoms with E-state index in [2.05, 4.69) is 45.9 Å². The third kappa shape index (κ3) is 1.42. The molecule has 0 saturated heterocycles. The van der Waals surface area contributed by atoms with Crippen molar-refractivity contribution >= 4 is 32.9 Å². The fourth-order valence-electron chi connectivity index (χ4n) is 3.22. The second-order valence-electron chi connectivity index (χ2n) is 5.33. The number of hydrogen-bond donors (Lipinski definition) is 0. The van der Waals surface area contributed by atoms with Gasteiger partial charge in [0, 0.05) is 17.0 Å². The molecular weight excluding hydrogens is 272 g/mol. The molecule has 0 fully saturated rings. The highest BCUT2D eigenvalue weighted by atomic mass is 16.3. The van der Waals surface area contributed by atoms with Crippen molar-refractivity contribution in [2.24, 2.45) is 0 Å². The first-order valence-electron chi connectivity index (χ1n) is 7.24. The molecule has 5 rings (SSSR count). The second kappa shape index (κ2) is 4.21. The Kier molecular flexibility index (Phi) is 2.22. The highest BCUT2D eigenvalue weighted by Gasteiger charge is 2.14. The number of furan rings is 1. The van der Waals surface area contributed by atoms with E-state index in [-0.39, 0.29) is 0 Å². The zero-order valence-electron chi connectivity index (χ0n) is 11.7. The standard InChI is InChI=1S/C19H12N2O/c1-2-6-16-14(5-1)19-17(8-4-11-20-19)21(16)15-7-3-9-18-13(15)10-12-22-18/h1-12H. The number of hydrogen-bond acceptors (Lipinski definition) is 2. The van der Waals surface area contributed by atoms with Gasteiger partial charge in [0.15, 0.2) is 0 Å². The van der Waals surface area contributed by atoms with Crippen LogP contribution < -0.4 is 0 Å². The van der Waals surface area contributed by atoms with Crippen LogP contribution in [0.15, 0.2) is 77.5 Å². The maximum Gasteiger partial charge on any atom is 0.135 e. The summed E-state index contributed by atoms with van der Waals surface area (Å²) in [4.78, 5) is 4.58. The van der Waals surface area contributed by atoms with Crippen LogP contribution in [-0.2, 0) is 0 Å². The fourth-order valence-corrected chi connectivity index (χ4v) is 3.22. The molecule has 0 unspecified atom stereocenters. The molecule has 0 bridgehead atoms. The van der Waals surface area contributed by atoms with E-state index in [4.69, 9.17) is 4.42 Å². The lowest BCUT2D eigenvalue weighted by Gasteiger charge is -2.08. The van der Waals surface area contributed by atoms with Crippen molar-refractivity contribution < 1.29 is 4.42 Å². The Labute approximate surface area is 126 Å². The zero-order chi connectivity index (χ0) is 14.5. The highest BCUT2D eigenvalue weighted by molar-refractivity contribution is 6.08. The van der Waals surface area contributed by atoms with Crippen molar-refractivity contribution in [3.63, 3.8) is 0 Å². The number of pyridine rings is 1. The molecule has 0 atom stereocenters. The first-order valence-corrected chi connectivity index (χ1v) is 7.24. The second-order valence-corrected chi connectivity index (χ2v) is 5.33. The van der Waals surface area contributed by atoms with Gasteiger partial charge >= 0.3 is 0 Å². The van der Waals surface area contributed by atoms with Crippen LogP contribution >= 0.6 is 0 Å². The summed E-state index contributed by atoms with van der Waals surface area (Å²) in [6.45, 7) is 0. The molecule has 0 radical (unpaired) electrons. The maximum absolute atomic E-state index is 5.55. The van der Waals surface area contributed by atoms with Crippen LogP contribution in [0.3, 0.4) is 0 Å². The summed E-state index contributed by atoms with van der Waals surface area (Å²) in [5.74, 6) is 0. The Morgan fingerprint density at radius 1 is 0.773 bits per heavy atom. The Morgan fingerprint density at radius 2 is 1.68 bits per heavy atom. The van der Waals surface area contributed by atoms with E-state index in [1.807, 2.05) is 30.5 Å². The molecule has 0 saturated carbocycles.